The quantitative estimate of drug-likeness (QED) is 0.781. The van der Waals surface area contributed by atoms with Gasteiger partial charge in [0.15, 0.2) is 0 Å². The Hall–Kier alpha value is -1.84. The molecule has 0 fully saturated rings. The molecule has 4 heteroatoms. The fourth-order valence-corrected chi connectivity index (χ4v) is 2.46. The van der Waals surface area contributed by atoms with Crippen LogP contribution < -0.4 is 0 Å². The molecule has 0 atom stereocenters. The average Bonchev–Trinajstić information content (AvgIpc) is 2.72. The highest BCUT2D eigenvalue weighted by atomic mass is 35.5. The summed E-state index contributed by atoms with van der Waals surface area (Å²) >= 11 is 4.19. The van der Waals surface area contributed by atoms with E-state index in [4.69, 9.17) is 9.90 Å². The first-order valence-corrected chi connectivity index (χ1v) is 6.20. The number of carboxylic acid groups (broad SMARTS) is 1. The van der Waals surface area contributed by atoms with Crippen LogP contribution in [0.1, 0.15) is 17.0 Å². The standard InChI is InChI=1S/C14H12O.CHClO2/c15-9-14-12-7-3-1-5-10(12)11-6-2-4-8-13(11)14;2-1(3)4/h1-8,14-15H,9H2;(H,3,4). The second kappa shape index (κ2) is 5.87. The summed E-state index contributed by atoms with van der Waals surface area (Å²) in [5.74, 6) is 0.164. The largest absolute Gasteiger partial charge is 0.469 e. The van der Waals surface area contributed by atoms with E-state index < -0.39 is 5.43 Å². The molecular weight excluding hydrogens is 264 g/mol. The molecule has 0 aliphatic heterocycles. The van der Waals surface area contributed by atoms with Crippen LogP contribution in [0.2, 0.25) is 0 Å². The van der Waals surface area contributed by atoms with Crippen molar-refractivity contribution in [3.8, 4) is 11.1 Å². The molecule has 0 saturated carbocycles. The van der Waals surface area contributed by atoms with Crippen LogP contribution in [0.5, 0.6) is 0 Å². The van der Waals surface area contributed by atoms with Crippen molar-refractivity contribution in [2.24, 2.45) is 0 Å². The minimum Gasteiger partial charge on any atom is -0.469 e. The van der Waals surface area contributed by atoms with Gasteiger partial charge in [-0.3, -0.25) is 0 Å². The van der Waals surface area contributed by atoms with Gasteiger partial charge >= 0.3 is 5.43 Å². The first-order valence-electron chi connectivity index (χ1n) is 5.82. The topological polar surface area (TPSA) is 57.5 Å². The molecule has 98 valence electrons. The monoisotopic (exact) mass is 276 g/mol. The molecule has 2 aromatic rings. The number of aliphatic hydroxyl groups is 1. The van der Waals surface area contributed by atoms with Crippen LogP contribution in [0.3, 0.4) is 0 Å². The number of hydrogen-bond donors (Lipinski definition) is 2. The summed E-state index contributed by atoms with van der Waals surface area (Å²) < 4.78 is 0. The van der Waals surface area contributed by atoms with Gasteiger partial charge in [-0.1, -0.05) is 48.5 Å². The van der Waals surface area contributed by atoms with E-state index in [1.165, 1.54) is 22.3 Å². The van der Waals surface area contributed by atoms with Gasteiger partial charge in [-0.05, 0) is 22.3 Å². The Balaban J connectivity index is 0.000000297. The van der Waals surface area contributed by atoms with Gasteiger partial charge < -0.3 is 10.2 Å². The molecular formula is C15H13ClO3. The van der Waals surface area contributed by atoms with E-state index >= 15 is 0 Å². The Morgan fingerprint density at radius 3 is 1.74 bits per heavy atom. The lowest BCUT2D eigenvalue weighted by molar-refractivity contribution is 0.220. The van der Waals surface area contributed by atoms with Gasteiger partial charge in [-0.25, -0.2) is 4.79 Å². The van der Waals surface area contributed by atoms with E-state index in [2.05, 4.69) is 48.0 Å². The first kappa shape index (κ1) is 13.6. The van der Waals surface area contributed by atoms with E-state index in [9.17, 15) is 5.11 Å². The highest BCUT2D eigenvalue weighted by Gasteiger charge is 2.26. The van der Waals surface area contributed by atoms with Gasteiger partial charge in [0.2, 0.25) is 0 Å². The molecule has 0 amide bonds. The molecule has 0 saturated heterocycles. The van der Waals surface area contributed by atoms with Gasteiger partial charge in [0.05, 0.1) is 6.61 Å². The normalized spacial score (nSPS) is 12.1. The van der Waals surface area contributed by atoms with Gasteiger partial charge in [-0.15, -0.1) is 0 Å². The minimum absolute atomic E-state index is 0.164. The summed E-state index contributed by atoms with van der Waals surface area (Å²) in [6.45, 7) is 0.189. The Labute approximate surface area is 116 Å². The molecule has 19 heavy (non-hydrogen) atoms. The lowest BCUT2D eigenvalue weighted by atomic mass is 9.98. The molecule has 0 bridgehead atoms. The van der Waals surface area contributed by atoms with Crippen molar-refractivity contribution in [1.82, 2.24) is 0 Å². The van der Waals surface area contributed by atoms with Crippen LogP contribution in [0.4, 0.5) is 4.79 Å². The summed E-state index contributed by atoms with van der Waals surface area (Å²) in [5, 5.41) is 16.6. The van der Waals surface area contributed by atoms with Crippen LogP contribution in [0.25, 0.3) is 11.1 Å². The zero-order valence-electron chi connectivity index (χ0n) is 10.1. The van der Waals surface area contributed by atoms with Crippen molar-refractivity contribution < 1.29 is 15.0 Å². The maximum absolute atomic E-state index is 9.46. The number of aliphatic hydroxyl groups excluding tert-OH is 1. The zero-order chi connectivity index (χ0) is 13.8. The third kappa shape index (κ3) is 2.78. The summed E-state index contributed by atoms with van der Waals surface area (Å²) in [5.41, 5.74) is 3.68. The second-order valence-electron chi connectivity index (χ2n) is 4.16. The zero-order valence-corrected chi connectivity index (χ0v) is 10.8. The first-order chi connectivity index (χ1) is 9.15. The summed E-state index contributed by atoms with van der Waals surface area (Å²) in [4.78, 5) is 8.77. The van der Waals surface area contributed by atoms with Crippen LogP contribution in [0.15, 0.2) is 48.5 Å². The Morgan fingerprint density at radius 2 is 1.37 bits per heavy atom. The van der Waals surface area contributed by atoms with Gasteiger partial charge in [-0.2, -0.15) is 0 Å². The predicted molar refractivity (Wildman–Crippen MR) is 74.7 cm³/mol. The van der Waals surface area contributed by atoms with Crippen LogP contribution in [-0.4, -0.2) is 22.2 Å². The van der Waals surface area contributed by atoms with Crippen molar-refractivity contribution in [2.45, 2.75) is 5.92 Å². The lowest BCUT2D eigenvalue weighted by Gasteiger charge is -2.08. The highest BCUT2D eigenvalue weighted by molar-refractivity contribution is 6.60. The average molecular weight is 277 g/mol. The summed E-state index contributed by atoms with van der Waals surface area (Å²) in [6.07, 6.45) is 0. The van der Waals surface area contributed by atoms with Gasteiger partial charge in [0, 0.05) is 17.5 Å². The third-order valence-electron chi connectivity index (χ3n) is 3.15. The number of benzene rings is 2. The molecule has 1 aliphatic rings. The second-order valence-corrected chi connectivity index (χ2v) is 4.49. The number of hydrogen-bond acceptors (Lipinski definition) is 2. The Kier molecular flexibility index (Phi) is 4.20. The van der Waals surface area contributed by atoms with E-state index in [1.807, 2.05) is 12.1 Å². The van der Waals surface area contributed by atoms with Crippen LogP contribution in [-0.2, 0) is 0 Å². The highest BCUT2D eigenvalue weighted by Crippen LogP contribution is 2.43. The molecule has 0 unspecified atom stereocenters. The fraction of sp³-hybridized carbons (Fsp3) is 0.133. The summed E-state index contributed by atoms with van der Waals surface area (Å²) in [6, 6.07) is 16.6. The SMILES string of the molecule is O=C(O)Cl.OCC1c2ccccc2-c2ccccc21. The van der Waals surface area contributed by atoms with Crippen molar-refractivity contribution in [2.75, 3.05) is 6.61 Å². The Morgan fingerprint density at radius 1 is 1.00 bits per heavy atom. The van der Waals surface area contributed by atoms with Crippen LogP contribution in [0, 0.1) is 0 Å². The molecule has 3 rings (SSSR count). The van der Waals surface area contributed by atoms with E-state index in [-0.39, 0.29) is 12.5 Å². The number of carbonyl (C=O) groups is 1. The molecule has 0 aromatic heterocycles. The minimum atomic E-state index is -1.36. The van der Waals surface area contributed by atoms with Crippen molar-refractivity contribution >= 4 is 17.0 Å². The van der Waals surface area contributed by atoms with Gasteiger partial charge in [0.1, 0.15) is 0 Å². The molecule has 0 radical (unpaired) electrons. The molecule has 0 spiro atoms. The van der Waals surface area contributed by atoms with Crippen LogP contribution >= 0.6 is 11.6 Å². The molecule has 2 aromatic carbocycles. The summed E-state index contributed by atoms with van der Waals surface area (Å²) in [7, 11) is 0. The number of rotatable bonds is 1. The van der Waals surface area contributed by atoms with E-state index in [0.29, 0.717) is 0 Å². The van der Waals surface area contributed by atoms with E-state index in [1.54, 1.807) is 0 Å². The molecule has 3 nitrogen and oxygen atoms in total. The predicted octanol–water partition coefficient (Wildman–Crippen LogP) is 3.69. The van der Waals surface area contributed by atoms with Crippen molar-refractivity contribution in [1.29, 1.82) is 0 Å². The lowest BCUT2D eigenvalue weighted by Crippen LogP contribution is -2.01. The maximum Gasteiger partial charge on any atom is 0.401 e. The van der Waals surface area contributed by atoms with E-state index in [0.717, 1.165) is 0 Å². The van der Waals surface area contributed by atoms with Crippen molar-refractivity contribution in [3.63, 3.8) is 0 Å². The molecule has 0 heterocycles. The van der Waals surface area contributed by atoms with Crippen molar-refractivity contribution in [3.05, 3.63) is 59.7 Å². The number of fused-ring (bicyclic) bond motifs is 3. The maximum atomic E-state index is 9.46. The Bertz CT molecular complexity index is 546. The number of halogens is 1. The fourth-order valence-electron chi connectivity index (χ4n) is 2.46. The third-order valence-corrected chi connectivity index (χ3v) is 3.15. The van der Waals surface area contributed by atoms with Gasteiger partial charge in [0.25, 0.3) is 0 Å². The smallest absolute Gasteiger partial charge is 0.401 e. The molecule has 1 aliphatic carbocycles. The molecule has 2 N–H and O–H groups in total.